The number of aryl methyl sites for hydroxylation is 1. The number of carbonyl (C=O) groups is 1. The van der Waals surface area contributed by atoms with Gasteiger partial charge >= 0.3 is 5.97 Å². The normalized spacial score (nSPS) is 18.4. The first-order valence-corrected chi connectivity index (χ1v) is 7.36. The van der Waals surface area contributed by atoms with Crippen LogP contribution in [0.1, 0.15) is 35.0 Å². The molecule has 1 aliphatic heterocycles. The fraction of sp³-hybridized carbons (Fsp3) is 0.467. The van der Waals surface area contributed by atoms with Crippen molar-refractivity contribution in [1.29, 1.82) is 0 Å². The van der Waals surface area contributed by atoms with Gasteiger partial charge in [-0.1, -0.05) is 11.2 Å². The molecule has 0 amide bonds. The minimum atomic E-state index is -1.00. The summed E-state index contributed by atoms with van der Waals surface area (Å²) >= 11 is 0. The molecular weight excluding hydrogens is 284 g/mol. The third-order valence-corrected chi connectivity index (χ3v) is 3.84. The molecule has 0 bridgehead atoms. The third-order valence-electron chi connectivity index (χ3n) is 3.84. The minimum absolute atomic E-state index is 0.0772. The van der Waals surface area contributed by atoms with Crippen LogP contribution in [0.5, 0.6) is 0 Å². The highest BCUT2D eigenvalue weighted by Gasteiger charge is 2.23. The minimum Gasteiger partial charge on any atom is -0.477 e. The Labute approximate surface area is 128 Å². The molecule has 3 rings (SSSR count). The van der Waals surface area contributed by atoms with E-state index in [2.05, 4.69) is 20.0 Å². The average Bonchev–Trinajstić information content (AvgIpc) is 2.93. The van der Waals surface area contributed by atoms with Crippen LogP contribution in [0.25, 0.3) is 0 Å². The van der Waals surface area contributed by atoms with Gasteiger partial charge in [-0.2, -0.15) is 4.98 Å². The second-order valence-electron chi connectivity index (χ2n) is 5.57. The van der Waals surface area contributed by atoms with Crippen LogP contribution >= 0.6 is 0 Å². The SMILES string of the molecule is Cc1nc(CC2CCCN(c3cccc(C(=O)O)n3)C2)no1. The maximum atomic E-state index is 11.0. The first kappa shape index (κ1) is 14.5. The molecule has 2 aromatic rings. The molecule has 1 unspecified atom stereocenters. The number of pyridine rings is 1. The topological polar surface area (TPSA) is 92.4 Å². The van der Waals surface area contributed by atoms with Crippen molar-refractivity contribution in [2.45, 2.75) is 26.2 Å². The van der Waals surface area contributed by atoms with E-state index in [1.807, 2.05) is 6.07 Å². The Kier molecular flexibility index (Phi) is 4.04. The summed E-state index contributed by atoms with van der Waals surface area (Å²) in [5, 5.41) is 13.0. The number of hydrogen-bond acceptors (Lipinski definition) is 6. The highest BCUT2D eigenvalue weighted by Crippen LogP contribution is 2.24. The van der Waals surface area contributed by atoms with Gasteiger partial charge in [0.1, 0.15) is 5.82 Å². The summed E-state index contributed by atoms with van der Waals surface area (Å²) in [4.78, 5) is 21.6. The Morgan fingerprint density at radius 2 is 2.32 bits per heavy atom. The van der Waals surface area contributed by atoms with Crippen LogP contribution < -0.4 is 4.90 Å². The Hall–Kier alpha value is -2.44. The second kappa shape index (κ2) is 6.13. The van der Waals surface area contributed by atoms with Crippen LogP contribution in [0.15, 0.2) is 22.7 Å². The number of hydrogen-bond donors (Lipinski definition) is 1. The van der Waals surface area contributed by atoms with E-state index in [4.69, 9.17) is 9.63 Å². The number of anilines is 1. The molecule has 0 spiro atoms. The molecule has 3 heterocycles. The van der Waals surface area contributed by atoms with E-state index in [1.165, 1.54) is 6.07 Å². The van der Waals surface area contributed by atoms with Crippen LogP contribution in [0, 0.1) is 12.8 Å². The van der Waals surface area contributed by atoms with Crippen molar-refractivity contribution in [3.63, 3.8) is 0 Å². The fourth-order valence-corrected chi connectivity index (χ4v) is 2.84. The summed E-state index contributed by atoms with van der Waals surface area (Å²) in [6, 6.07) is 5.10. The van der Waals surface area contributed by atoms with Crippen LogP contribution in [-0.2, 0) is 6.42 Å². The van der Waals surface area contributed by atoms with Crippen molar-refractivity contribution >= 4 is 11.8 Å². The molecule has 0 aliphatic carbocycles. The predicted molar refractivity (Wildman–Crippen MR) is 78.9 cm³/mol. The number of nitrogens with zero attached hydrogens (tertiary/aromatic N) is 4. The monoisotopic (exact) mass is 302 g/mol. The molecule has 2 aromatic heterocycles. The van der Waals surface area contributed by atoms with Crippen LogP contribution in [0.2, 0.25) is 0 Å². The summed E-state index contributed by atoms with van der Waals surface area (Å²) in [6.45, 7) is 3.49. The molecule has 116 valence electrons. The van der Waals surface area contributed by atoms with Crippen molar-refractivity contribution in [3.05, 3.63) is 35.6 Å². The summed E-state index contributed by atoms with van der Waals surface area (Å²) in [5.74, 6) is 1.45. The van der Waals surface area contributed by atoms with E-state index in [0.717, 1.165) is 38.2 Å². The maximum absolute atomic E-state index is 11.0. The fourth-order valence-electron chi connectivity index (χ4n) is 2.84. The zero-order valence-electron chi connectivity index (χ0n) is 12.4. The van der Waals surface area contributed by atoms with Crippen LogP contribution in [0.3, 0.4) is 0 Å². The van der Waals surface area contributed by atoms with Crippen molar-refractivity contribution in [2.24, 2.45) is 5.92 Å². The number of carboxylic acid groups (broad SMARTS) is 1. The van der Waals surface area contributed by atoms with E-state index >= 15 is 0 Å². The van der Waals surface area contributed by atoms with Gasteiger partial charge in [0, 0.05) is 26.4 Å². The summed E-state index contributed by atoms with van der Waals surface area (Å²) in [6.07, 6.45) is 2.91. The van der Waals surface area contributed by atoms with Crippen molar-refractivity contribution in [1.82, 2.24) is 15.1 Å². The predicted octanol–water partition coefficient (Wildman–Crippen LogP) is 1.93. The molecule has 1 aliphatic rings. The van der Waals surface area contributed by atoms with E-state index in [9.17, 15) is 4.79 Å². The number of rotatable bonds is 4. The van der Waals surface area contributed by atoms with Crippen LogP contribution in [0.4, 0.5) is 5.82 Å². The van der Waals surface area contributed by atoms with Gasteiger partial charge in [0.2, 0.25) is 5.89 Å². The molecule has 7 heteroatoms. The molecular formula is C15H18N4O3. The summed E-state index contributed by atoms with van der Waals surface area (Å²) < 4.78 is 5.01. The van der Waals surface area contributed by atoms with Gasteiger partial charge in [-0.25, -0.2) is 9.78 Å². The van der Waals surface area contributed by atoms with Gasteiger partial charge < -0.3 is 14.5 Å². The molecule has 1 fully saturated rings. The molecule has 1 saturated heterocycles. The smallest absolute Gasteiger partial charge is 0.354 e. The lowest BCUT2D eigenvalue weighted by molar-refractivity contribution is 0.0690. The van der Waals surface area contributed by atoms with Gasteiger partial charge in [0.15, 0.2) is 11.5 Å². The number of piperidine rings is 1. The van der Waals surface area contributed by atoms with E-state index < -0.39 is 5.97 Å². The maximum Gasteiger partial charge on any atom is 0.354 e. The molecule has 1 N–H and O–H groups in total. The largest absolute Gasteiger partial charge is 0.477 e. The highest BCUT2D eigenvalue weighted by molar-refractivity contribution is 5.85. The second-order valence-corrected chi connectivity index (χ2v) is 5.57. The quantitative estimate of drug-likeness (QED) is 0.922. The zero-order chi connectivity index (χ0) is 15.5. The lowest BCUT2D eigenvalue weighted by atomic mass is 9.94. The van der Waals surface area contributed by atoms with Gasteiger partial charge in [0.25, 0.3) is 0 Å². The average molecular weight is 302 g/mol. The Balaban J connectivity index is 1.70. The van der Waals surface area contributed by atoms with Crippen molar-refractivity contribution in [3.8, 4) is 0 Å². The summed E-state index contributed by atoms with van der Waals surface area (Å²) in [5.41, 5.74) is 0.0772. The third kappa shape index (κ3) is 3.24. The Morgan fingerprint density at radius 3 is 3.05 bits per heavy atom. The first-order valence-electron chi connectivity index (χ1n) is 7.36. The summed E-state index contributed by atoms with van der Waals surface area (Å²) in [7, 11) is 0. The standard InChI is InChI=1S/C15H18N4O3/c1-10-16-13(18-22-10)8-11-4-3-7-19(9-11)14-6-2-5-12(17-14)15(20)21/h2,5-6,11H,3-4,7-9H2,1H3,(H,20,21). The van der Waals surface area contributed by atoms with E-state index in [-0.39, 0.29) is 5.69 Å². The first-order chi connectivity index (χ1) is 10.6. The van der Waals surface area contributed by atoms with E-state index in [1.54, 1.807) is 13.0 Å². The lowest BCUT2D eigenvalue weighted by Crippen LogP contribution is -2.37. The lowest BCUT2D eigenvalue weighted by Gasteiger charge is -2.33. The number of carboxylic acids is 1. The Bertz CT molecular complexity index is 670. The van der Waals surface area contributed by atoms with Gasteiger partial charge in [-0.15, -0.1) is 0 Å². The van der Waals surface area contributed by atoms with Crippen molar-refractivity contribution < 1.29 is 14.4 Å². The highest BCUT2D eigenvalue weighted by atomic mass is 16.5. The molecule has 0 saturated carbocycles. The molecule has 0 aromatic carbocycles. The van der Waals surface area contributed by atoms with E-state index in [0.29, 0.717) is 17.6 Å². The van der Waals surface area contributed by atoms with Crippen LogP contribution in [-0.4, -0.2) is 39.3 Å². The number of aromatic carboxylic acids is 1. The van der Waals surface area contributed by atoms with Crippen molar-refractivity contribution in [2.75, 3.05) is 18.0 Å². The van der Waals surface area contributed by atoms with Gasteiger partial charge in [0.05, 0.1) is 0 Å². The molecule has 22 heavy (non-hydrogen) atoms. The molecule has 7 nitrogen and oxygen atoms in total. The Morgan fingerprint density at radius 1 is 1.45 bits per heavy atom. The zero-order valence-corrected chi connectivity index (χ0v) is 12.4. The van der Waals surface area contributed by atoms with Gasteiger partial charge in [-0.3, -0.25) is 0 Å². The molecule has 1 atom stereocenters. The van der Waals surface area contributed by atoms with Gasteiger partial charge in [-0.05, 0) is 30.9 Å². The number of aromatic nitrogens is 3. The molecule has 0 radical (unpaired) electrons.